The Bertz CT molecular complexity index is 2340. The van der Waals surface area contributed by atoms with Gasteiger partial charge in [0.1, 0.15) is 25.5 Å². The number of nitriles is 1. The van der Waals surface area contributed by atoms with Crippen molar-refractivity contribution in [2.24, 2.45) is 5.16 Å². The number of fused-ring (bicyclic) bond motifs is 11. The van der Waals surface area contributed by atoms with Crippen molar-refractivity contribution in [2.45, 2.75) is 75.3 Å². The third kappa shape index (κ3) is 5.63. The number of Topliss-reactive ketones (excluding diaryl/α,β-unsaturated/α-hetero) is 1. The molecule has 9 rings (SSSR count). The molecule has 0 saturated carbocycles. The van der Waals surface area contributed by atoms with Crippen molar-refractivity contribution in [3.8, 4) is 22.9 Å². The number of rotatable bonds is 9. The van der Waals surface area contributed by atoms with Crippen molar-refractivity contribution in [2.75, 3.05) is 46.2 Å². The Labute approximate surface area is 342 Å². The van der Waals surface area contributed by atoms with E-state index in [4.69, 9.17) is 23.8 Å². The number of likely N-dealkylation sites (N-methyl/N-ethyl adjacent to an activating group) is 1. The summed E-state index contributed by atoms with van der Waals surface area (Å²) in [6.45, 7) is 5.26. The second-order valence-electron chi connectivity index (χ2n) is 16.0. The number of ketones is 1. The molecule has 0 spiro atoms. The Morgan fingerprint density at radius 2 is 1.74 bits per heavy atom. The van der Waals surface area contributed by atoms with E-state index in [1.54, 1.807) is 25.8 Å². The van der Waals surface area contributed by atoms with Crippen molar-refractivity contribution < 1.29 is 38.5 Å². The third-order valence-corrected chi connectivity index (χ3v) is 14.2. The van der Waals surface area contributed by atoms with Crippen molar-refractivity contribution in [3.05, 3.63) is 111 Å². The molecule has 0 amide bonds. The lowest BCUT2D eigenvalue weighted by Gasteiger charge is -2.62. The van der Waals surface area contributed by atoms with E-state index in [2.05, 4.69) is 75.6 Å². The van der Waals surface area contributed by atoms with Crippen LogP contribution in [0.1, 0.15) is 58.7 Å². The van der Waals surface area contributed by atoms with E-state index in [0.29, 0.717) is 12.2 Å². The van der Waals surface area contributed by atoms with E-state index in [9.17, 15) is 20.0 Å². The van der Waals surface area contributed by atoms with Crippen LogP contribution in [0, 0.1) is 25.2 Å². The number of piperazine rings is 1. The minimum Gasteiger partial charge on any atom is -0.496 e. The van der Waals surface area contributed by atoms with Gasteiger partial charge in [-0.05, 0) is 78.7 Å². The highest BCUT2D eigenvalue weighted by atomic mass is 32.2. The zero-order valence-corrected chi connectivity index (χ0v) is 34.2. The van der Waals surface area contributed by atoms with E-state index in [0.717, 1.165) is 28.0 Å². The summed E-state index contributed by atoms with van der Waals surface area (Å²) in [7, 11) is 5.05. The fourth-order valence-electron chi connectivity index (χ4n) is 10.8. The first-order valence-electron chi connectivity index (χ1n) is 19.6. The highest BCUT2D eigenvalue weighted by molar-refractivity contribution is 8.00. The van der Waals surface area contributed by atoms with Crippen molar-refractivity contribution in [3.63, 3.8) is 0 Å². The fourth-order valence-corrected chi connectivity index (χ4v) is 11.9. The average Bonchev–Trinajstić information content (AvgIpc) is 3.83. The molecule has 2 bridgehead atoms. The van der Waals surface area contributed by atoms with Crippen LogP contribution in [0.2, 0.25) is 0 Å². The zero-order valence-electron chi connectivity index (χ0n) is 33.4. The quantitative estimate of drug-likeness (QED) is 0.166. The molecule has 3 aromatic rings. The summed E-state index contributed by atoms with van der Waals surface area (Å²) in [5.74, 6) is 1.16. The second kappa shape index (κ2) is 14.6. The first-order chi connectivity index (χ1) is 28.0. The Kier molecular flexibility index (Phi) is 9.67. The number of carbonyl (C=O) groups excluding carboxylic acids is 2. The third-order valence-electron chi connectivity index (χ3n) is 13.1. The highest BCUT2D eigenvalue weighted by Gasteiger charge is 2.64. The van der Waals surface area contributed by atoms with Crippen LogP contribution in [0.3, 0.4) is 0 Å². The van der Waals surface area contributed by atoms with E-state index < -0.39 is 35.5 Å². The molecule has 13 heteroatoms. The van der Waals surface area contributed by atoms with Gasteiger partial charge < -0.3 is 28.9 Å². The molecule has 12 nitrogen and oxygen atoms in total. The number of oxime groups is 1. The molecule has 1 N–H and O–H groups in total. The summed E-state index contributed by atoms with van der Waals surface area (Å²) in [5.41, 5.74) is 7.67. The number of aliphatic hydroxyl groups is 1. The summed E-state index contributed by atoms with van der Waals surface area (Å²) in [6.07, 6.45) is 0.581. The molecule has 4 aliphatic heterocycles. The predicted octanol–water partition coefficient (Wildman–Crippen LogP) is 5.50. The number of carbonyl (C=O) groups is 2. The number of hydrogen-bond acceptors (Lipinski definition) is 13. The number of piperidine rings is 1. The van der Waals surface area contributed by atoms with Gasteiger partial charge in [-0.3, -0.25) is 14.6 Å². The highest BCUT2D eigenvalue weighted by Crippen LogP contribution is 2.55. The van der Waals surface area contributed by atoms with E-state index in [1.807, 2.05) is 20.9 Å². The summed E-state index contributed by atoms with van der Waals surface area (Å²) >= 11 is 1.56. The van der Waals surface area contributed by atoms with Crippen LogP contribution in [0.15, 0.2) is 82.4 Å². The lowest BCUT2D eigenvalue weighted by molar-refractivity contribution is -0.155. The van der Waals surface area contributed by atoms with Crippen LogP contribution in [-0.2, 0) is 35.1 Å². The van der Waals surface area contributed by atoms with Gasteiger partial charge in [0.2, 0.25) is 6.79 Å². The maximum Gasteiger partial charge on any atom is 0.357 e. The molecule has 6 aliphatic rings. The summed E-state index contributed by atoms with van der Waals surface area (Å²) in [4.78, 5) is 37.9. The fraction of sp³-hybridized carbons (Fsp3) is 0.422. The molecular formula is C45H46N4O8S. The second-order valence-corrected chi connectivity index (χ2v) is 17.0. The number of nitrogens with zero attached hydrogens (tertiary/aromatic N) is 4. The van der Waals surface area contributed by atoms with Crippen LogP contribution in [-0.4, -0.2) is 108 Å². The molecule has 0 radical (unpaired) electrons. The molecule has 3 aromatic carbocycles. The first-order valence-corrected chi connectivity index (χ1v) is 20.8. The van der Waals surface area contributed by atoms with Gasteiger partial charge in [-0.1, -0.05) is 59.8 Å². The first kappa shape index (κ1) is 38.4. The van der Waals surface area contributed by atoms with Crippen molar-refractivity contribution in [1.82, 2.24) is 9.80 Å². The Morgan fingerprint density at radius 3 is 2.41 bits per heavy atom. The number of methoxy groups -OCH3 is 1. The average molecular weight is 803 g/mol. The van der Waals surface area contributed by atoms with E-state index in [-0.39, 0.29) is 72.0 Å². The molecule has 300 valence electrons. The SMILES string of the molecule is CO/N=C(\CSCC1c2ccccc2-c2ccccc21)C(=O)OC[C@H]1C2=C3OCOC3=C(C)C(=O)[C@@]2(O)CC2[C@@H]3c4c(cc(C)c(OC)c4C)C[C@H]([C@H](C#N)N21)N3C. The van der Waals surface area contributed by atoms with Gasteiger partial charge in [0.05, 0.1) is 25.3 Å². The molecule has 1 unspecified atom stereocenters. The minimum atomic E-state index is -2.02. The zero-order chi connectivity index (χ0) is 40.6. The molecule has 4 heterocycles. The largest absolute Gasteiger partial charge is 0.496 e. The van der Waals surface area contributed by atoms with Gasteiger partial charge >= 0.3 is 5.97 Å². The number of benzene rings is 3. The topological polar surface area (TPSA) is 143 Å². The van der Waals surface area contributed by atoms with Crippen LogP contribution < -0.4 is 4.74 Å². The van der Waals surface area contributed by atoms with Gasteiger partial charge in [0.25, 0.3) is 0 Å². The van der Waals surface area contributed by atoms with Gasteiger partial charge in [-0.2, -0.15) is 17.0 Å². The smallest absolute Gasteiger partial charge is 0.357 e. The number of esters is 1. The number of hydrogen-bond donors (Lipinski definition) is 1. The summed E-state index contributed by atoms with van der Waals surface area (Å²) in [6, 6.07) is 18.8. The lowest BCUT2D eigenvalue weighted by Crippen LogP contribution is -2.74. The van der Waals surface area contributed by atoms with Gasteiger partial charge in [-0.15, -0.1) is 0 Å². The number of ether oxygens (including phenoxy) is 4. The molecule has 2 aliphatic carbocycles. The van der Waals surface area contributed by atoms with Crippen molar-refractivity contribution >= 4 is 29.2 Å². The molecule has 0 aromatic heterocycles. The van der Waals surface area contributed by atoms with Crippen molar-refractivity contribution in [1.29, 1.82) is 5.26 Å². The number of aryl methyl sites for hydroxylation is 1. The number of thioether (sulfide) groups is 1. The maximum atomic E-state index is 14.4. The molecule has 3 saturated heterocycles. The monoisotopic (exact) mass is 802 g/mol. The standard InChI is InChI=1S/C45H46N4O8S/c1-23-15-26-16-33-35(18-46)49-34(39(48(33)4)37(26)24(2)40(23)53-5)17-45(52)38(42-41(56-22-57-42)25(3)43(45)50)36(49)19-55-44(51)32(47-54-6)21-58-20-31-29-13-9-7-11-27(29)28-12-8-10-14-30(28)31/h7-15,31,33-36,39,52H,16-17,19-22H2,1-6H3/b47-32+/t33-,34?,35+,36+,39-,45-/m1/s1. The molecule has 58 heavy (non-hydrogen) atoms. The predicted molar refractivity (Wildman–Crippen MR) is 217 cm³/mol. The van der Waals surface area contributed by atoms with Crippen LogP contribution in [0.25, 0.3) is 11.1 Å². The molecule has 6 atom stereocenters. The Balaban J connectivity index is 1.05. The summed E-state index contributed by atoms with van der Waals surface area (Å²) < 4.78 is 23.9. The Hall–Kier alpha value is -5.13. The Morgan fingerprint density at radius 1 is 1.05 bits per heavy atom. The van der Waals surface area contributed by atoms with Crippen LogP contribution in [0.4, 0.5) is 0 Å². The van der Waals surface area contributed by atoms with E-state index >= 15 is 0 Å². The van der Waals surface area contributed by atoms with Crippen LogP contribution >= 0.6 is 11.8 Å². The van der Waals surface area contributed by atoms with Gasteiger partial charge in [-0.25, -0.2) is 4.79 Å². The van der Waals surface area contributed by atoms with Gasteiger partial charge in [0, 0.05) is 47.1 Å². The maximum absolute atomic E-state index is 14.4. The minimum absolute atomic E-state index is 0.0154. The van der Waals surface area contributed by atoms with E-state index in [1.165, 1.54) is 29.4 Å². The van der Waals surface area contributed by atoms with Crippen LogP contribution in [0.5, 0.6) is 5.75 Å². The van der Waals surface area contributed by atoms with Gasteiger partial charge in [0.15, 0.2) is 28.6 Å². The molecular weight excluding hydrogens is 757 g/mol. The lowest BCUT2D eigenvalue weighted by atomic mass is 9.64. The normalized spacial score (nSPS) is 27.3. The summed E-state index contributed by atoms with van der Waals surface area (Å²) in [5, 5.41) is 27.9. The molecule has 3 fully saturated rings.